The Morgan fingerprint density at radius 2 is 1.79 bits per heavy atom. The molecule has 3 aromatic rings. The van der Waals surface area contributed by atoms with Gasteiger partial charge in [-0.2, -0.15) is 0 Å². The van der Waals surface area contributed by atoms with Gasteiger partial charge in [0.15, 0.2) is 0 Å². The van der Waals surface area contributed by atoms with Crippen molar-refractivity contribution in [2.75, 3.05) is 12.4 Å². The van der Waals surface area contributed by atoms with Gasteiger partial charge in [0, 0.05) is 24.1 Å². The summed E-state index contributed by atoms with van der Waals surface area (Å²) in [6, 6.07) is 21.3. The minimum absolute atomic E-state index is 0.0354. The predicted octanol–water partition coefficient (Wildman–Crippen LogP) is 4.11. The highest BCUT2D eigenvalue weighted by atomic mass is 16.5. The van der Waals surface area contributed by atoms with Gasteiger partial charge in [-0.15, -0.1) is 0 Å². The Morgan fingerprint density at radius 1 is 1.04 bits per heavy atom. The second-order valence-electron chi connectivity index (χ2n) is 5.54. The Morgan fingerprint density at radius 3 is 2.50 bits per heavy atom. The highest BCUT2D eigenvalue weighted by Gasteiger charge is 2.17. The molecule has 0 spiro atoms. The largest absolute Gasteiger partial charge is 0.497 e. The van der Waals surface area contributed by atoms with Crippen LogP contribution in [0.1, 0.15) is 18.0 Å². The molecule has 0 aliphatic rings. The van der Waals surface area contributed by atoms with Crippen LogP contribution < -0.4 is 10.1 Å². The number of methoxy groups -OCH3 is 1. The number of ether oxygens (including phenoxy) is 1. The van der Waals surface area contributed by atoms with Crippen LogP contribution in [0.2, 0.25) is 0 Å². The van der Waals surface area contributed by atoms with Crippen molar-refractivity contribution in [1.82, 2.24) is 4.57 Å². The molecule has 2 aromatic carbocycles. The quantitative estimate of drug-likeness (QED) is 0.742. The number of nitrogens with one attached hydrogen (secondary N) is 1. The van der Waals surface area contributed by atoms with E-state index >= 15 is 0 Å². The number of hydrogen-bond donors (Lipinski definition) is 1. The van der Waals surface area contributed by atoms with Gasteiger partial charge in [-0.05, 0) is 29.8 Å². The molecular formula is C20H20N2O2. The third kappa shape index (κ3) is 3.84. The first-order valence-corrected chi connectivity index (χ1v) is 7.87. The fourth-order valence-corrected chi connectivity index (χ4v) is 2.71. The second kappa shape index (κ2) is 7.51. The molecular weight excluding hydrogens is 300 g/mol. The van der Waals surface area contributed by atoms with Gasteiger partial charge in [-0.1, -0.05) is 36.4 Å². The first kappa shape index (κ1) is 15.9. The van der Waals surface area contributed by atoms with Crippen molar-refractivity contribution in [2.45, 2.75) is 12.5 Å². The monoisotopic (exact) mass is 320 g/mol. The highest BCUT2D eigenvalue weighted by molar-refractivity contribution is 5.91. The lowest BCUT2D eigenvalue weighted by Gasteiger charge is -2.19. The van der Waals surface area contributed by atoms with E-state index in [0.29, 0.717) is 6.42 Å². The van der Waals surface area contributed by atoms with Crippen molar-refractivity contribution in [3.63, 3.8) is 0 Å². The minimum Gasteiger partial charge on any atom is -0.497 e. The average molecular weight is 320 g/mol. The molecule has 0 saturated carbocycles. The van der Waals surface area contributed by atoms with E-state index in [0.717, 1.165) is 17.0 Å². The van der Waals surface area contributed by atoms with Crippen LogP contribution >= 0.6 is 0 Å². The number of anilines is 1. The van der Waals surface area contributed by atoms with Gasteiger partial charge in [0.2, 0.25) is 5.91 Å². The van der Waals surface area contributed by atoms with Crippen LogP contribution in [0.3, 0.4) is 0 Å². The number of amides is 1. The first-order chi connectivity index (χ1) is 11.8. The average Bonchev–Trinajstić information content (AvgIpc) is 3.15. The number of rotatable bonds is 6. The van der Waals surface area contributed by atoms with Crippen LogP contribution in [0.5, 0.6) is 5.75 Å². The van der Waals surface area contributed by atoms with Crippen molar-refractivity contribution in [2.24, 2.45) is 0 Å². The number of benzene rings is 2. The Balaban J connectivity index is 1.76. The van der Waals surface area contributed by atoms with E-state index in [1.165, 1.54) is 0 Å². The molecule has 1 aromatic heterocycles. The summed E-state index contributed by atoms with van der Waals surface area (Å²) in [5.41, 5.74) is 1.84. The van der Waals surface area contributed by atoms with Crippen molar-refractivity contribution in [3.05, 3.63) is 84.7 Å². The summed E-state index contributed by atoms with van der Waals surface area (Å²) in [5.74, 6) is 0.684. The molecule has 0 unspecified atom stereocenters. The summed E-state index contributed by atoms with van der Waals surface area (Å²) >= 11 is 0. The fraction of sp³-hybridized carbons (Fsp3) is 0.150. The number of nitrogens with zero attached hydrogens (tertiary/aromatic N) is 1. The van der Waals surface area contributed by atoms with Crippen LogP contribution in [0.15, 0.2) is 79.1 Å². The SMILES string of the molecule is COc1cccc(NC(=O)C[C@@H](c2ccccc2)n2cccc2)c1. The van der Waals surface area contributed by atoms with Crippen LogP contribution in [0, 0.1) is 0 Å². The van der Waals surface area contributed by atoms with Gasteiger partial charge in [0.05, 0.1) is 19.6 Å². The van der Waals surface area contributed by atoms with Gasteiger partial charge in [0.1, 0.15) is 5.75 Å². The molecule has 1 atom stereocenters. The van der Waals surface area contributed by atoms with Crippen LogP contribution in [-0.2, 0) is 4.79 Å². The fourth-order valence-electron chi connectivity index (χ4n) is 2.71. The summed E-state index contributed by atoms with van der Waals surface area (Å²) in [7, 11) is 1.61. The zero-order chi connectivity index (χ0) is 16.8. The second-order valence-corrected chi connectivity index (χ2v) is 5.54. The van der Waals surface area contributed by atoms with E-state index < -0.39 is 0 Å². The van der Waals surface area contributed by atoms with Crippen molar-refractivity contribution in [1.29, 1.82) is 0 Å². The van der Waals surface area contributed by atoms with E-state index in [1.54, 1.807) is 7.11 Å². The number of hydrogen-bond acceptors (Lipinski definition) is 2. The third-order valence-electron chi connectivity index (χ3n) is 3.90. The van der Waals surface area contributed by atoms with Crippen LogP contribution in [0.25, 0.3) is 0 Å². The van der Waals surface area contributed by atoms with Crippen molar-refractivity contribution in [3.8, 4) is 5.75 Å². The molecule has 0 bridgehead atoms. The summed E-state index contributed by atoms with van der Waals surface area (Å²) in [6.07, 6.45) is 4.32. The van der Waals surface area contributed by atoms with Gasteiger partial charge in [-0.3, -0.25) is 4.79 Å². The molecule has 1 amide bonds. The maximum absolute atomic E-state index is 12.5. The molecule has 3 rings (SSSR count). The Hall–Kier alpha value is -3.01. The molecule has 4 heteroatoms. The maximum atomic E-state index is 12.5. The van der Waals surface area contributed by atoms with Crippen molar-refractivity contribution < 1.29 is 9.53 Å². The normalized spacial score (nSPS) is 11.7. The summed E-state index contributed by atoms with van der Waals surface area (Å²) in [6.45, 7) is 0. The third-order valence-corrected chi connectivity index (χ3v) is 3.90. The molecule has 122 valence electrons. The molecule has 4 nitrogen and oxygen atoms in total. The highest BCUT2D eigenvalue weighted by Crippen LogP contribution is 2.23. The van der Waals surface area contributed by atoms with Crippen LogP contribution in [0.4, 0.5) is 5.69 Å². The molecule has 0 aliphatic carbocycles. The number of carbonyl (C=O) groups is 1. The van der Waals surface area contributed by atoms with Gasteiger partial charge in [-0.25, -0.2) is 0 Å². The maximum Gasteiger partial charge on any atom is 0.226 e. The minimum atomic E-state index is -0.0363. The topological polar surface area (TPSA) is 43.3 Å². The first-order valence-electron chi connectivity index (χ1n) is 7.87. The summed E-state index contributed by atoms with van der Waals surface area (Å²) < 4.78 is 7.25. The van der Waals surface area contributed by atoms with E-state index in [1.807, 2.05) is 79.1 Å². The molecule has 1 N–H and O–H groups in total. The van der Waals surface area contributed by atoms with E-state index in [9.17, 15) is 4.79 Å². The Labute approximate surface area is 141 Å². The Kier molecular flexibility index (Phi) is 4.96. The zero-order valence-corrected chi connectivity index (χ0v) is 13.6. The van der Waals surface area contributed by atoms with E-state index in [2.05, 4.69) is 9.88 Å². The van der Waals surface area contributed by atoms with Gasteiger partial charge >= 0.3 is 0 Å². The van der Waals surface area contributed by atoms with E-state index in [4.69, 9.17) is 4.74 Å². The smallest absolute Gasteiger partial charge is 0.226 e. The molecule has 0 fully saturated rings. The molecule has 0 aliphatic heterocycles. The molecule has 1 heterocycles. The van der Waals surface area contributed by atoms with Gasteiger partial charge < -0.3 is 14.6 Å². The molecule has 0 saturated heterocycles. The van der Waals surface area contributed by atoms with Crippen LogP contribution in [-0.4, -0.2) is 17.6 Å². The Bertz CT molecular complexity index is 782. The molecule has 24 heavy (non-hydrogen) atoms. The van der Waals surface area contributed by atoms with Crippen molar-refractivity contribution >= 4 is 11.6 Å². The number of aromatic nitrogens is 1. The van der Waals surface area contributed by atoms with E-state index in [-0.39, 0.29) is 11.9 Å². The molecule has 0 radical (unpaired) electrons. The lowest BCUT2D eigenvalue weighted by molar-refractivity contribution is -0.116. The predicted molar refractivity (Wildman–Crippen MR) is 95.3 cm³/mol. The van der Waals surface area contributed by atoms with Gasteiger partial charge in [0.25, 0.3) is 0 Å². The standard InChI is InChI=1S/C20H20N2O2/c1-24-18-11-7-10-17(14-18)21-20(23)15-19(22-12-5-6-13-22)16-8-3-2-4-9-16/h2-14,19H,15H2,1H3,(H,21,23)/t19-/m0/s1. The summed E-state index contributed by atoms with van der Waals surface area (Å²) in [4.78, 5) is 12.5. The lowest BCUT2D eigenvalue weighted by Crippen LogP contribution is -2.19. The zero-order valence-electron chi connectivity index (χ0n) is 13.6. The number of carbonyl (C=O) groups excluding carboxylic acids is 1. The summed E-state index contributed by atoms with van der Waals surface area (Å²) in [5, 5.41) is 2.95. The lowest BCUT2D eigenvalue weighted by atomic mass is 10.0.